The molecule has 1 atom stereocenters. The highest BCUT2D eigenvalue weighted by Gasteiger charge is 2.27. The molecule has 0 aliphatic rings. The summed E-state index contributed by atoms with van der Waals surface area (Å²) in [6.07, 6.45) is 1.27. The Morgan fingerprint density at radius 1 is 1.29 bits per heavy atom. The molecule has 1 aromatic rings. The molecule has 1 rings (SSSR count). The second kappa shape index (κ2) is 5.95. The van der Waals surface area contributed by atoms with Crippen LogP contribution in [-0.4, -0.2) is 9.75 Å². The quantitative estimate of drug-likeness (QED) is 0.873. The lowest BCUT2D eigenvalue weighted by molar-refractivity contribution is 0.462. The molecule has 3 nitrogen and oxygen atoms in total. The lowest BCUT2D eigenvalue weighted by Crippen LogP contribution is -2.43. The van der Waals surface area contributed by atoms with E-state index in [1.165, 1.54) is 0 Å². The number of nitriles is 1. The first-order valence-electron chi connectivity index (χ1n) is 5.74. The monoisotopic (exact) mass is 250 g/mol. The molecule has 0 aliphatic heterocycles. The standard InChI is InChI=1S/C13H18N2OS/c1-4-13(5-2,10-14)15-17(16)12-8-6-11(3)7-9-12/h6-9,15H,4-5H2,1-3H3/t17-/m0/s1. The van der Waals surface area contributed by atoms with Gasteiger partial charge in [-0.15, -0.1) is 0 Å². The highest BCUT2D eigenvalue weighted by atomic mass is 32.2. The average Bonchev–Trinajstić information content (AvgIpc) is 2.37. The van der Waals surface area contributed by atoms with E-state index in [2.05, 4.69) is 10.8 Å². The summed E-state index contributed by atoms with van der Waals surface area (Å²) in [6, 6.07) is 9.71. The molecule has 4 heteroatoms. The van der Waals surface area contributed by atoms with E-state index in [0.29, 0.717) is 17.7 Å². The minimum Gasteiger partial charge on any atom is -0.237 e. The van der Waals surface area contributed by atoms with E-state index < -0.39 is 16.5 Å². The lowest BCUT2D eigenvalue weighted by Gasteiger charge is -2.24. The second-order valence-corrected chi connectivity index (χ2v) is 5.30. The Morgan fingerprint density at radius 3 is 2.24 bits per heavy atom. The number of nitrogens with zero attached hydrogens (tertiary/aromatic N) is 1. The van der Waals surface area contributed by atoms with Crippen molar-refractivity contribution in [1.29, 1.82) is 5.26 Å². The third-order valence-electron chi connectivity index (χ3n) is 2.94. The minimum atomic E-state index is -1.33. The van der Waals surface area contributed by atoms with Gasteiger partial charge >= 0.3 is 0 Å². The number of aryl methyl sites for hydroxylation is 1. The van der Waals surface area contributed by atoms with Gasteiger partial charge < -0.3 is 0 Å². The van der Waals surface area contributed by atoms with E-state index in [-0.39, 0.29) is 0 Å². The van der Waals surface area contributed by atoms with Gasteiger partial charge in [-0.25, -0.2) is 8.93 Å². The predicted molar refractivity (Wildman–Crippen MR) is 69.6 cm³/mol. The highest BCUT2D eigenvalue weighted by molar-refractivity contribution is 7.83. The molecule has 92 valence electrons. The van der Waals surface area contributed by atoms with Crippen LogP contribution in [0, 0.1) is 18.3 Å². The van der Waals surface area contributed by atoms with Gasteiger partial charge in [-0.3, -0.25) is 0 Å². The van der Waals surface area contributed by atoms with E-state index in [0.717, 1.165) is 5.56 Å². The first-order valence-corrected chi connectivity index (χ1v) is 6.89. The first kappa shape index (κ1) is 13.9. The maximum Gasteiger partial charge on any atom is 0.126 e. The molecule has 0 unspecified atom stereocenters. The zero-order valence-electron chi connectivity index (χ0n) is 10.5. The molecule has 0 aliphatic carbocycles. The smallest absolute Gasteiger partial charge is 0.126 e. The van der Waals surface area contributed by atoms with Crippen LogP contribution in [0.3, 0.4) is 0 Å². The molecule has 0 radical (unpaired) electrons. The summed E-state index contributed by atoms with van der Waals surface area (Å²) in [7, 11) is -1.33. The molecule has 0 amide bonds. The number of rotatable bonds is 5. The zero-order valence-corrected chi connectivity index (χ0v) is 11.3. The fraction of sp³-hybridized carbons (Fsp3) is 0.462. The van der Waals surface area contributed by atoms with E-state index in [1.807, 2.05) is 45.0 Å². The highest BCUT2D eigenvalue weighted by Crippen LogP contribution is 2.17. The Labute approximate surface area is 105 Å². The summed E-state index contributed by atoms with van der Waals surface area (Å²) in [5, 5.41) is 9.17. The topological polar surface area (TPSA) is 52.9 Å². The van der Waals surface area contributed by atoms with E-state index in [4.69, 9.17) is 5.26 Å². The van der Waals surface area contributed by atoms with E-state index in [9.17, 15) is 4.21 Å². The van der Waals surface area contributed by atoms with Gasteiger partial charge in [0.05, 0.1) is 11.0 Å². The summed E-state index contributed by atoms with van der Waals surface area (Å²) >= 11 is 0. The van der Waals surface area contributed by atoms with Crippen molar-refractivity contribution >= 4 is 11.0 Å². The largest absolute Gasteiger partial charge is 0.237 e. The molecular weight excluding hydrogens is 232 g/mol. The van der Waals surface area contributed by atoms with Gasteiger partial charge in [0, 0.05) is 0 Å². The minimum absolute atomic E-state index is 0.637. The van der Waals surface area contributed by atoms with Gasteiger partial charge in [-0.1, -0.05) is 31.5 Å². The van der Waals surface area contributed by atoms with Crippen molar-refractivity contribution in [2.75, 3.05) is 0 Å². The molecule has 1 aromatic carbocycles. The van der Waals surface area contributed by atoms with Crippen LogP contribution in [0.5, 0.6) is 0 Å². The summed E-state index contributed by atoms with van der Waals surface area (Å²) in [5.41, 5.74) is 0.429. The Hall–Kier alpha value is -1.18. The Morgan fingerprint density at radius 2 is 1.82 bits per heavy atom. The van der Waals surface area contributed by atoms with Crippen LogP contribution < -0.4 is 4.72 Å². The first-order chi connectivity index (χ1) is 8.06. The fourth-order valence-electron chi connectivity index (χ4n) is 1.47. The van der Waals surface area contributed by atoms with Crippen molar-refractivity contribution in [3.63, 3.8) is 0 Å². The van der Waals surface area contributed by atoms with Gasteiger partial charge in [0.25, 0.3) is 0 Å². The van der Waals surface area contributed by atoms with Crippen molar-refractivity contribution in [2.24, 2.45) is 0 Å². The fourth-order valence-corrected chi connectivity index (χ4v) is 2.66. The van der Waals surface area contributed by atoms with Crippen molar-refractivity contribution < 1.29 is 4.21 Å². The van der Waals surface area contributed by atoms with Gasteiger partial charge in [-0.05, 0) is 31.9 Å². The summed E-state index contributed by atoms with van der Waals surface area (Å²) < 4.78 is 15.0. The molecule has 0 heterocycles. The molecular formula is C13H18N2OS. The molecule has 0 bridgehead atoms. The zero-order chi connectivity index (χ0) is 12.9. The van der Waals surface area contributed by atoms with Crippen LogP contribution >= 0.6 is 0 Å². The number of hydrogen-bond donors (Lipinski definition) is 1. The molecule has 0 spiro atoms. The van der Waals surface area contributed by atoms with Crippen LogP contribution in [0.1, 0.15) is 32.3 Å². The Bertz CT molecular complexity index is 430. The maximum absolute atomic E-state index is 12.1. The van der Waals surface area contributed by atoms with Gasteiger partial charge in [0.1, 0.15) is 16.5 Å². The van der Waals surface area contributed by atoms with Crippen LogP contribution in [0.2, 0.25) is 0 Å². The van der Waals surface area contributed by atoms with Crippen LogP contribution in [-0.2, 0) is 11.0 Å². The van der Waals surface area contributed by atoms with Crippen molar-refractivity contribution in [1.82, 2.24) is 4.72 Å². The van der Waals surface area contributed by atoms with Crippen LogP contribution in [0.4, 0.5) is 0 Å². The molecule has 0 aromatic heterocycles. The summed E-state index contributed by atoms with van der Waals surface area (Å²) in [5.74, 6) is 0. The van der Waals surface area contributed by atoms with E-state index >= 15 is 0 Å². The normalized spacial score (nSPS) is 13.1. The van der Waals surface area contributed by atoms with Crippen molar-refractivity contribution in [2.45, 2.75) is 44.0 Å². The third kappa shape index (κ3) is 3.39. The van der Waals surface area contributed by atoms with Gasteiger partial charge in [-0.2, -0.15) is 5.26 Å². The maximum atomic E-state index is 12.1. The average molecular weight is 250 g/mol. The molecule has 0 saturated heterocycles. The Kier molecular flexibility index (Phi) is 4.86. The third-order valence-corrected chi connectivity index (χ3v) is 4.22. The molecule has 17 heavy (non-hydrogen) atoms. The van der Waals surface area contributed by atoms with Crippen LogP contribution in [0.15, 0.2) is 29.2 Å². The predicted octanol–water partition coefficient (Wildman–Crippen LogP) is 2.69. The van der Waals surface area contributed by atoms with Crippen LogP contribution in [0.25, 0.3) is 0 Å². The lowest BCUT2D eigenvalue weighted by atomic mass is 9.97. The summed E-state index contributed by atoms with van der Waals surface area (Å²) in [6.45, 7) is 5.83. The Balaban J connectivity index is 2.85. The number of nitrogens with one attached hydrogen (secondary N) is 1. The molecule has 0 saturated carbocycles. The number of benzene rings is 1. The molecule has 0 fully saturated rings. The van der Waals surface area contributed by atoms with E-state index in [1.54, 1.807) is 0 Å². The van der Waals surface area contributed by atoms with Crippen molar-refractivity contribution in [3.05, 3.63) is 29.8 Å². The van der Waals surface area contributed by atoms with Gasteiger partial charge in [0.2, 0.25) is 0 Å². The SMILES string of the molecule is CCC(C#N)(CC)N[S@@](=O)c1ccc(C)cc1. The molecule has 1 N–H and O–H groups in total. The second-order valence-electron chi connectivity index (χ2n) is 4.08. The number of hydrogen-bond acceptors (Lipinski definition) is 2. The summed E-state index contributed by atoms with van der Waals surface area (Å²) in [4.78, 5) is 0.706. The van der Waals surface area contributed by atoms with Gasteiger partial charge in [0.15, 0.2) is 0 Å². The van der Waals surface area contributed by atoms with Crippen molar-refractivity contribution in [3.8, 4) is 6.07 Å².